The van der Waals surface area contributed by atoms with Crippen molar-refractivity contribution in [3.8, 4) is 0 Å². The number of pyridine rings is 1. The Morgan fingerprint density at radius 3 is 2.33 bits per heavy atom. The molecular formula is C16H16Cl2N2O. The highest BCUT2D eigenvalue weighted by Gasteiger charge is 2.34. The van der Waals surface area contributed by atoms with Gasteiger partial charge in [0.2, 0.25) is 0 Å². The molecule has 0 atom stereocenters. The van der Waals surface area contributed by atoms with Gasteiger partial charge in [0, 0.05) is 24.3 Å². The van der Waals surface area contributed by atoms with Gasteiger partial charge >= 0.3 is 0 Å². The van der Waals surface area contributed by atoms with Crippen molar-refractivity contribution in [2.45, 2.75) is 18.4 Å². The maximum Gasteiger partial charge on any atom is 0.147 e. The summed E-state index contributed by atoms with van der Waals surface area (Å²) in [6, 6.07) is 11.1. The van der Waals surface area contributed by atoms with Crippen LogP contribution in [0.1, 0.15) is 18.4 Å². The summed E-state index contributed by atoms with van der Waals surface area (Å²) in [6.45, 7) is 1.44. The van der Waals surface area contributed by atoms with Gasteiger partial charge in [-0.2, -0.15) is 0 Å². The predicted molar refractivity (Wildman–Crippen MR) is 86.0 cm³/mol. The molecule has 1 aliphatic heterocycles. The molecule has 1 saturated heterocycles. The molecule has 5 heteroatoms. The molecule has 3 rings (SSSR count). The van der Waals surface area contributed by atoms with Crippen LogP contribution in [0, 0.1) is 0 Å². The molecule has 0 spiro atoms. The molecule has 2 heterocycles. The van der Waals surface area contributed by atoms with Crippen molar-refractivity contribution in [1.82, 2.24) is 4.98 Å². The third-order valence-electron chi connectivity index (χ3n) is 4.01. The predicted octanol–water partition coefficient (Wildman–Crippen LogP) is 3.88. The molecule has 3 nitrogen and oxygen atoms in total. The summed E-state index contributed by atoms with van der Waals surface area (Å²) >= 11 is 12.1. The molecule has 2 aromatic rings. The number of aliphatic hydroxyl groups is 1. The Hall–Kier alpha value is -1.29. The summed E-state index contributed by atoms with van der Waals surface area (Å²) in [7, 11) is 0. The van der Waals surface area contributed by atoms with Crippen LogP contribution in [-0.2, 0) is 5.60 Å². The van der Waals surface area contributed by atoms with E-state index in [-0.39, 0.29) is 0 Å². The monoisotopic (exact) mass is 322 g/mol. The van der Waals surface area contributed by atoms with Crippen LogP contribution >= 0.6 is 23.2 Å². The fraction of sp³-hybridized carbons (Fsp3) is 0.312. The second-order valence-corrected chi connectivity index (χ2v) is 6.18. The summed E-state index contributed by atoms with van der Waals surface area (Å²) in [5.41, 5.74) is 0.112. The Morgan fingerprint density at radius 1 is 1.05 bits per heavy atom. The highest BCUT2D eigenvalue weighted by molar-refractivity contribution is 6.32. The Bertz CT molecular complexity index is 622. The van der Waals surface area contributed by atoms with Gasteiger partial charge in [0.05, 0.1) is 10.6 Å². The maximum atomic E-state index is 10.8. The number of anilines is 1. The van der Waals surface area contributed by atoms with Crippen molar-refractivity contribution >= 4 is 29.0 Å². The van der Waals surface area contributed by atoms with Crippen molar-refractivity contribution in [3.05, 3.63) is 58.2 Å². The second-order valence-electron chi connectivity index (χ2n) is 5.33. The molecule has 1 aliphatic rings. The van der Waals surface area contributed by atoms with Crippen LogP contribution < -0.4 is 4.90 Å². The molecule has 0 bridgehead atoms. The zero-order valence-corrected chi connectivity index (χ0v) is 13.0. The van der Waals surface area contributed by atoms with E-state index in [1.54, 1.807) is 6.20 Å². The van der Waals surface area contributed by atoms with Gasteiger partial charge in [0.25, 0.3) is 0 Å². The van der Waals surface area contributed by atoms with Gasteiger partial charge in [-0.05, 0) is 42.7 Å². The average Bonchev–Trinajstić information content (AvgIpc) is 2.49. The van der Waals surface area contributed by atoms with Crippen LogP contribution in [0.3, 0.4) is 0 Å². The van der Waals surface area contributed by atoms with E-state index in [1.165, 1.54) is 0 Å². The van der Waals surface area contributed by atoms with E-state index >= 15 is 0 Å². The largest absolute Gasteiger partial charge is 0.385 e. The number of hydrogen-bond acceptors (Lipinski definition) is 3. The summed E-state index contributed by atoms with van der Waals surface area (Å²) in [6.07, 6.45) is 3.02. The quantitative estimate of drug-likeness (QED) is 0.911. The molecule has 0 aliphatic carbocycles. The van der Waals surface area contributed by atoms with Crippen LogP contribution in [-0.4, -0.2) is 23.2 Å². The highest BCUT2D eigenvalue weighted by atomic mass is 35.5. The van der Waals surface area contributed by atoms with E-state index in [4.69, 9.17) is 23.2 Å². The third-order valence-corrected chi connectivity index (χ3v) is 4.56. The molecule has 0 amide bonds. The minimum atomic E-state index is -0.803. The van der Waals surface area contributed by atoms with Gasteiger partial charge in [-0.25, -0.2) is 4.98 Å². The molecule has 1 N–H and O–H groups in total. The number of rotatable bonds is 2. The topological polar surface area (TPSA) is 36.4 Å². The summed E-state index contributed by atoms with van der Waals surface area (Å²) in [4.78, 5) is 6.45. The van der Waals surface area contributed by atoms with E-state index in [1.807, 2.05) is 36.4 Å². The lowest BCUT2D eigenvalue weighted by Gasteiger charge is -2.39. The van der Waals surface area contributed by atoms with Crippen LogP contribution in [0.5, 0.6) is 0 Å². The summed E-state index contributed by atoms with van der Waals surface area (Å²) < 4.78 is 0. The average molecular weight is 323 g/mol. The smallest absolute Gasteiger partial charge is 0.147 e. The first-order valence-electron chi connectivity index (χ1n) is 6.92. The lowest BCUT2D eigenvalue weighted by atomic mass is 9.84. The highest BCUT2D eigenvalue weighted by Crippen LogP contribution is 2.35. The van der Waals surface area contributed by atoms with Crippen LogP contribution in [0.15, 0.2) is 42.6 Å². The van der Waals surface area contributed by atoms with Gasteiger partial charge in [-0.3, -0.25) is 0 Å². The first kappa shape index (κ1) is 14.6. The van der Waals surface area contributed by atoms with Gasteiger partial charge in [0.1, 0.15) is 5.82 Å². The van der Waals surface area contributed by atoms with Gasteiger partial charge in [-0.1, -0.05) is 35.3 Å². The Morgan fingerprint density at radius 2 is 1.71 bits per heavy atom. The molecule has 0 radical (unpaired) electrons. The standard InChI is InChI=1S/C16H16Cl2N2O/c17-13-5-3-12(4-6-13)16(21)7-10-20(11-8-16)15-14(18)2-1-9-19-15/h1-6,9,21H,7-8,10-11H2. The van der Waals surface area contributed by atoms with Crippen molar-refractivity contribution in [1.29, 1.82) is 0 Å². The molecule has 110 valence electrons. The minimum Gasteiger partial charge on any atom is -0.385 e. The van der Waals surface area contributed by atoms with Crippen LogP contribution in [0.4, 0.5) is 5.82 Å². The Kier molecular flexibility index (Phi) is 4.07. The van der Waals surface area contributed by atoms with Crippen molar-refractivity contribution in [3.63, 3.8) is 0 Å². The third kappa shape index (κ3) is 3.00. The molecule has 1 aromatic carbocycles. The number of aromatic nitrogens is 1. The molecule has 0 unspecified atom stereocenters. The number of hydrogen-bond donors (Lipinski definition) is 1. The van der Waals surface area contributed by atoms with E-state index in [9.17, 15) is 5.11 Å². The lowest BCUT2D eigenvalue weighted by Crippen LogP contribution is -2.43. The first-order valence-corrected chi connectivity index (χ1v) is 7.68. The van der Waals surface area contributed by atoms with Crippen molar-refractivity contribution < 1.29 is 5.11 Å². The Balaban J connectivity index is 1.75. The SMILES string of the molecule is OC1(c2ccc(Cl)cc2)CCN(c2ncccc2Cl)CC1. The first-order chi connectivity index (χ1) is 10.1. The number of piperidine rings is 1. The van der Waals surface area contributed by atoms with Crippen LogP contribution in [0.25, 0.3) is 0 Å². The molecule has 21 heavy (non-hydrogen) atoms. The van der Waals surface area contributed by atoms with E-state index in [2.05, 4.69) is 9.88 Å². The normalized spacial score (nSPS) is 17.8. The van der Waals surface area contributed by atoms with Gasteiger partial charge in [-0.15, -0.1) is 0 Å². The van der Waals surface area contributed by atoms with Gasteiger partial charge < -0.3 is 10.0 Å². The number of benzene rings is 1. The summed E-state index contributed by atoms with van der Waals surface area (Å²) in [5.74, 6) is 0.789. The van der Waals surface area contributed by atoms with Crippen molar-refractivity contribution in [2.24, 2.45) is 0 Å². The fourth-order valence-corrected chi connectivity index (χ4v) is 3.11. The van der Waals surface area contributed by atoms with Crippen LogP contribution in [0.2, 0.25) is 10.0 Å². The number of halogens is 2. The molecule has 1 fully saturated rings. The van der Waals surface area contributed by atoms with E-state index in [0.717, 1.165) is 24.5 Å². The second kappa shape index (κ2) is 5.84. The Labute approximate surface area is 134 Å². The van der Waals surface area contributed by atoms with Gasteiger partial charge in [0.15, 0.2) is 0 Å². The molecule has 1 aromatic heterocycles. The number of nitrogens with zero attached hydrogens (tertiary/aromatic N) is 2. The summed E-state index contributed by atoms with van der Waals surface area (Å²) in [5, 5.41) is 12.2. The molecule has 0 saturated carbocycles. The lowest BCUT2D eigenvalue weighted by molar-refractivity contribution is 0.0117. The fourth-order valence-electron chi connectivity index (χ4n) is 2.75. The maximum absolute atomic E-state index is 10.8. The zero-order valence-electron chi connectivity index (χ0n) is 11.5. The molecular weight excluding hydrogens is 307 g/mol. The van der Waals surface area contributed by atoms with Crippen molar-refractivity contribution in [2.75, 3.05) is 18.0 Å². The van der Waals surface area contributed by atoms with E-state index in [0.29, 0.717) is 22.9 Å². The van der Waals surface area contributed by atoms with E-state index < -0.39 is 5.60 Å². The zero-order chi connectivity index (χ0) is 14.9. The minimum absolute atomic E-state index is 0.640.